The van der Waals surface area contributed by atoms with Gasteiger partial charge in [0.25, 0.3) is 0 Å². The highest BCUT2D eigenvalue weighted by Crippen LogP contribution is 2.43. The Morgan fingerprint density at radius 1 is 1.37 bits per heavy atom. The Kier molecular flexibility index (Phi) is 4.76. The van der Waals surface area contributed by atoms with Crippen LogP contribution < -0.4 is 5.73 Å². The molecule has 0 bridgehead atoms. The van der Waals surface area contributed by atoms with Crippen LogP contribution in [0.25, 0.3) is 0 Å². The van der Waals surface area contributed by atoms with Gasteiger partial charge in [0.05, 0.1) is 5.60 Å². The molecular weight excluding hydrogens is 322 g/mol. The molecular formula is C15H24BrNOS. The molecule has 0 aromatic carbocycles. The summed E-state index contributed by atoms with van der Waals surface area (Å²) in [6.45, 7) is 4.68. The molecule has 2 rings (SSSR count). The maximum absolute atomic E-state index is 6.49. The van der Waals surface area contributed by atoms with Crippen molar-refractivity contribution in [2.45, 2.75) is 57.6 Å². The van der Waals surface area contributed by atoms with Crippen LogP contribution in [0.15, 0.2) is 15.9 Å². The Morgan fingerprint density at radius 3 is 2.47 bits per heavy atom. The zero-order valence-electron chi connectivity index (χ0n) is 12.0. The summed E-state index contributed by atoms with van der Waals surface area (Å²) in [5.74, 6) is 0. The Morgan fingerprint density at radius 2 is 2.00 bits per heavy atom. The van der Waals surface area contributed by atoms with E-state index >= 15 is 0 Å². The van der Waals surface area contributed by atoms with E-state index in [9.17, 15) is 0 Å². The van der Waals surface area contributed by atoms with Gasteiger partial charge in [0.2, 0.25) is 0 Å². The molecule has 19 heavy (non-hydrogen) atoms. The van der Waals surface area contributed by atoms with Crippen LogP contribution in [0, 0.1) is 5.41 Å². The molecule has 1 heterocycles. The van der Waals surface area contributed by atoms with Crippen LogP contribution in [0.4, 0.5) is 0 Å². The third kappa shape index (κ3) is 3.60. The number of rotatable bonds is 4. The molecule has 1 aliphatic carbocycles. The zero-order valence-corrected chi connectivity index (χ0v) is 14.4. The Labute approximate surface area is 128 Å². The molecule has 2 nitrogen and oxygen atoms in total. The highest BCUT2D eigenvalue weighted by molar-refractivity contribution is 9.10. The van der Waals surface area contributed by atoms with Crippen LogP contribution in [0.3, 0.4) is 0 Å². The molecule has 1 saturated carbocycles. The molecule has 0 spiro atoms. The number of nitrogens with two attached hydrogens (primary N) is 1. The van der Waals surface area contributed by atoms with E-state index in [-0.39, 0.29) is 11.6 Å². The average Bonchev–Trinajstić information content (AvgIpc) is 2.75. The van der Waals surface area contributed by atoms with Gasteiger partial charge in [0, 0.05) is 27.9 Å². The number of halogens is 1. The van der Waals surface area contributed by atoms with Gasteiger partial charge < -0.3 is 10.5 Å². The quantitative estimate of drug-likeness (QED) is 0.879. The van der Waals surface area contributed by atoms with E-state index in [1.165, 1.54) is 17.7 Å². The van der Waals surface area contributed by atoms with E-state index in [1.54, 1.807) is 11.3 Å². The Hall–Kier alpha value is 0.1000. The number of thiophene rings is 1. The normalized spacial score (nSPS) is 23.2. The van der Waals surface area contributed by atoms with Gasteiger partial charge in [-0.1, -0.05) is 13.8 Å². The summed E-state index contributed by atoms with van der Waals surface area (Å²) in [4.78, 5) is 1.33. The first kappa shape index (κ1) is 15.5. The maximum atomic E-state index is 6.49. The zero-order chi connectivity index (χ0) is 14.1. The third-order valence-electron chi connectivity index (χ3n) is 4.58. The minimum atomic E-state index is -0.133. The number of methoxy groups -OCH3 is 1. The van der Waals surface area contributed by atoms with Crippen LogP contribution in [0.1, 0.15) is 44.4 Å². The summed E-state index contributed by atoms with van der Waals surface area (Å²) in [6, 6.07) is 2.25. The van der Waals surface area contributed by atoms with Crippen LogP contribution in [-0.2, 0) is 11.2 Å². The van der Waals surface area contributed by atoms with Crippen LogP contribution >= 0.6 is 27.3 Å². The van der Waals surface area contributed by atoms with Gasteiger partial charge >= 0.3 is 0 Å². The summed E-state index contributed by atoms with van der Waals surface area (Å²) in [5.41, 5.74) is 6.80. The summed E-state index contributed by atoms with van der Waals surface area (Å²) in [5, 5.41) is 2.12. The highest BCUT2D eigenvalue weighted by Gasteiger charge is 2.42. The van der Waals surface area contributed by atoms with Crippen LogP contribution in [-0.4, -0.2) is 18.8 Å². The van der Waals surface area contributed by atoms with Gasteiger partial charge in [-0.15, -0.1) is 11.3 Å². The monoisotopic (exact) mass is 345 g/mol. The second-order valence-corrected chi connectivity index (χ2v) is 8.39. The number of hydrogen-bond acceptors (Lipinski definition) is 3. The standard InChI is InChI=1S/C15H24BrNOS/c1-14(2)4-6-15(18-3,7-5-14)13(17)9-12-8-11(16)10-19-12/h8,10,13H,4-7,9,17H2,1-3H3. The molecule has 1 aromatic rings. The van der Waals surface area contributed by atoms with E-state index in [0.717, 1.165) is 23.7 Å². The first-order valence-electron chi connectivity index (χ1n) is 6.91. The first-order valence-corrected chi connectivity index (χ1v) is 8.58. The summed E-state index contributed by atoms with van der Waals surface area (Å²) >= 11 is 5.27. The lowest BCUT2D eigenvalue weighted by molar-refractivity contribution is -0.0780. The third-order valence-corrected chi connectivity index (χ3v) is 6.29. The smallest absolute Gasteiger partial charge is 0.0832 e. The van der Waals surface area contributed by atoms with Crippen LogP contribution in [0.5, 0.6) is 0 Å². The molecule has 2 N–H and O–H groups in total. The molecule has 0 saturated heterocycles. The van der Waals surface area contributed by atoms with E-state index < -0.39 is 0 Å². The maximum Gasteiger partial charge on any atom is 0.0832 e. The largest absolute Gasteiger partial charge is 0.377 e. The van der Waals surface area contributed by atoms with Gasteiger partial charge in [0.1, 0.15) is 0 Å². The fraction of sp³-hybridized carbons (Fsp3) is 0.733. The Bertz CT molecular complexity index is 420. The average molecular weight is 346 g/mol. The van der Waals surface area contributed by atoms with Gasteiger partial charge in [-0.3, -0.25) is 0 Å². The number of hydrogen-bond donors (Lipinski definition) is 1. The van der Waals surface area contributed by atoms with Gasteiger partial charge in [-0.25, -0.2) is 0 Å². The summed E-state index contributed by atoms with van der Waals surface area (Å²) in [6.07, 6.45) is 5.45. The molecule has 1 aliphatic rings. The molecule has 0 radical (unpaired) electrons. The van der Waals surface area contributed by atoms with Crippen molar-refractivity contribution in [1.82, 2.24) is 0 Å². The van der Waals surface area contributed by atoms with E-state index in [1.807, 2.05) is 7.11 Å². The predicted molar refractivity (Wildman–Crippen MR) is 85.7 cm³/mol. The SMILES string of the molecule is COC1(C(N)Cc2cc(Br)cs2)CCC(C)(C)CC1. The van der Waals surface area contributed by atoms with Crippen molar-refractivity contribution in [3.63, 3.8) is 0 Å². The highest BCUT2D eigenvalue weighted by atomic mass is 79.9. The predicted octanol–water partition coefficient (Wildman–Crippen LogP) is 4.37. The lowest BCUT2D eigenvalue weighted by Crippen LogP contribution is -2.53. The van der Waals surface area contributed by atoms with E-state index in [2.05, 4.69) is 41.2 Å². The molecule has 1 aromatic heterocycles. The van der Waals surface area contributed by atoms with E-state index in [0.29, 0.717) is 5.41 Å². The molecule has 1 atom stereocenters. The minimum absolute atomic E-state index is 0.0825. The molecule has 0 aliphatic heterocycles. The molecule has 1 fully saturated rings. The van der Waals surface area contributed by atoms with Crippen molar-refractivity contribution >= 4 is 27.3 Å². The summed E-state index contributed by atoms with van der Waals surface area (Å²) < 4.78 is 7.03. The number of ether oxygens (including phenoxy) is 1. The fourth-order valence-corrected chi connectivity index (χ4v) is 4.45. The van der Waals surface area contributed by atoms with Gasteiger partial charge in [-0.2, -0.15) is 0 Å². The van der Waals surface area contributed by atoms with Crippen molar-refractivity contribution in [2.24, 2.45) is 11.1 Å². The molecule has 1 unspecified atom stereocenters. The van der Waals surface area contributed by atoms with Gasteiger partial charge in [0.15, 0.2) is 0 Å². The Balaban J connectivity index is 2.05. The molecule has 0 amide bonds. The summed E-state index contributed by atoms with van der Waals surface area (Å²) in [7, 11) is 1.82. The van der Waals surface area contributed by atoms with Crippen molar-refractivity contribution in [3.8, 4) is 0 Å². The topological polar surface area (TPSA) is 35.2 Å². The van der Waals surface area contributed by atoms with Gasteiger partial charge in [-0.05, 0) is 59.5 Å². The van der Waals surface area contributed by atoms with Crippen molar-refractivity contribution in [3.05, 3.63) is 20.8 Å². The second kappa shape index (κ2) is 5.84. The lowest BCUT2D eigenvalue weighted by Gasteiger charge is -2.45. The van der Waals surface area contributed by atoms with Crippen molar-refractivity contribution in [2.75, 3.05) is 7.11 Å². The second-order valence-electron chi connectivity index (χ2n) is 6.47. The lowest BCUT2D eigenvalue weighted by atomic mass is 9.68. The molecule has 4 heteroatoms. The van der Waals surface area contributed by atoms with Crippen molar-refractivity contribution in [1.29, 1.82) is 0 Å². The van der Waals surface area contributed by atoms with E-state index in [4.69, 9.17) is 10.5 Å². The first-order chi connectivity index (χ1) is 8.87. The van der Waals surface area contributed by atoms with Crippen LogP contribution in [0.2, 0.25) is 0 Å². The fourth-order valence-electron chi connectivity index (χ4n) is 2.94. The minimum Gasteiger partial charge on any atom is -0.377 e. The molecule has 108 valence electrons. The van der Waals surface area contributed by atoms with Crippen molar-refractivity contribution < 1.29 is 4.74 Å².